The summed E-state index contributed by atoms with van der Waals surface area (Å²) >= 11 is 0. The smallest absolute Gasteiger partial charge is 0.237 e. The van der Waals surface area contributed by atoms with E-state index in [1.54, 1.807) is 19.5 Å². The van der Waals surface area contributed by atoms with Gasteiger partial charge in [-0.2, -0.15) is 0 Å². The van der Waals surface area contributed by atoms with Crippen LogP contribution in [-0.2, 0) is 4.74 Å². The molecule has 1 heterocycles. The topological polar surface area (TPSA) is 56.3 Å². The number of likely N-dealkylation sites (N-methyl/N-ethyl adjacent to an activating group) is 1. The van der Waals surface area contributed by atoms with Crippen molar-refractivity contribution in [3.63, 3.8) is 0 Å². The minimum absolute atomic E-state index is 0.0360. The fraction of sp³-hybridized carbons (Fsp3) is 0.733. The summed E-state index contributed by atoms with van der Waals surface area (Å²) in [4.78, 5) is 8.74. The molecule has 1 rings (SSSR count). The van der Waals surface area contributed by atoms with Gasteiger partial charge in [0.15, 0.2) is 0 Å². The molecule has 1 atom stereocenters. The zero-order chi connectivity index (χ0) is 15.0. The average molecular weight is 281 g/mol. The first-order chi connectivity index (χ1) is 9.68. The van der Waals surface area contributed by atoms with Gasteiger partial charge in [0.05, 0.1) is 18.8 Å². The van der Waals surface area contributed by atoms with Gasteiger partial charge in [-0.05, 0) is 26.3 Å². The van der Waals surface area contributed by atoms with Crippen LogP contribution >= 0.6 is 0 Å². The number of hydrogen-bond donors (Lipinski definition) is 1. The number of methoxy groups -OCH3 is 1. The van der Waals surface area contributed by atoms with Crippen LogP contribution in [-0.4, -0.2) is 35.8 Å². The van der Waals surface area contributed by atoms with E-state index in [1.165, 1.54) is 0 Å². The molecule has 20 heavy (non-hydrogen) atoms. The zero-order valence-corrected chi connectivity index (χ0v) is 13.3. The molecule has 0 saturated carbocycles. The molecule has 0 aliphatic rings. The Balaban J connectivity index is 3.26. The Hall–Kier alpha value is -1.20. The van der Waals surface area contributed by atoms with E-state index in [1.807, 2.05) is 6.92 Å². The Morgan fingerprint density at radius 3 is 2.30 bits per heavy atom. The molecule has 0 aliphatic heterocycles. The normalized spacial score (nSPS) is 13.2. The second-order valence-corrected chi connectivity index (χ2v) is 4.65. The Morgan fingerprint density at radius 1 is 1.15 bits per heavy atom. The van der Waals surface area contributed by atoms with Crippen molar-refractivity contribution >= 4 is 0 Å². The SMILES string of the molecule is CCNC(c1nccnc1OC)C(CC)(CC)OCC. The zero-order valence-electron chi connectivity index (χ0n) is 13.3. The van der Waals surface area contributed by atoms with E-state index >= 15 is 0 Å². The van der Waals surface area contributed by atoms with Crippen molar-refractivity contribution in [1.82, 2.24) is 15.3 Å². The van der Waals surface area contributed by atoms with Crippen LogP contribution in [0.1, 0.15) is 52.3 Å². The monoisotopic (exact) mass is 281 g/mol. The molecule has 0 spiro atoms. The fourth-order valence-corrected chi connectivity index (χ4v) is 2.66. The Labute approximate surface area is 122 Å². The molecule has 0 saturated heterocycles. The maximum atomic E-state index is 6.11. The van der Waals surface area contributed by atoms with Crippen molar-refractivity contribution in [2.75, 3.05) is 20.3 Å². The Kier molecular flexibility index (Phi) is 6.88. The highest BCUT2D eigenvalue weighted by molar-refractivity contribution is 5.24. The lowest BCUT2D eigenvalue weighted by molar-refractivity contribution is -0.0744. The molecule has 0 bridgehead atoms. The molecule has 5 heteroatoms. The van der Waals surface area contributed by atoms with Crippen LogP contribution in [0.3, 0.4) is 0 Å². The van der Waals surface area contributed by atoms with E-state index in [2.05, 4.69) is 36.1 Å². The third-order valence-corrected chi connectivity index (χ3v) is 3.72. The summed E-state index contributed by atoms with van der Waals surface area (Å²) in [7, 11) is 1.62. The van der Waals surface area contributed by atoms with Gasteiger partial charge in [0.1, 0.15) is 5.69 Å². The lowest BCUT2D eigenvalue weighted by Gasteiger charge is -2.39. The van der Waals surface area contributed by atoms with Crippen molar-refractivity contribution in [2.24, 2.45) is 0 Å². The van der Waals surface area contributed by atoms with Crippen molar-refractivity contribution in [3.05, 3.63) is 18.1 Å². The first-order valence-corrected chi connectivity index (χ1v) is 7.41. The number of aromatic nitrogens is 2. The van der Waals surface area contributed by atoms with E-state index in [-0.39, 0.29) is 11.6 Å². The maximum Gasteiger partial charge on any atom is 0.237 e. The molecule has 0 aliphatic carbocycles. The summed E-state index contributed by atoms with van der Waals surface area (Å²) in [6, 6.07) is -0.0360. The maximum absolute atomic E-state index is 6.11. The van der Waals surface area contributed by atoms with Crippen LogP contribution < -0.4 is 10.1 Å². The van der Waals surface area contributed by atoms with Gasteiger partial charge in [0.25, 0.3) is 0 Å². The molecule has 1 aromatic heterocycles. The van der Waals surface area contributed by atoms with E-state index < -0.39 is 0 Å². The molecule has 5 nitrogen and oxygen atoms in total. The molecule has 0 amide bonds. The molecular formula is C15H27N3O2. The third-order valence-electron chi connectivity index (χ3n) is 3.72. The number of nitrogens with one attached hydrogen (secondary N) is 1. The number of nitrogens with zero attached hydrogens (tertiary/aromatic N) is 2. The van der Waals surface area contributed by atoms with Gasteiger partial charge in [0, 0.05) is 19.0 Å². The first-order valence-electron chi connectivity index (χ1n) is 7.41. The second kappa shape index (κ2) is 8.17. The van der Waals surface area contributed by atoms with Gasteiger partial charge >= 0.3 is 0 Å². The highest BCUT2D eigenvalue weighted by Gasteiger charge is 2.39. The Bertz CT molecular complexity index is 394. The molecule has 1 aromatic rings. The van der Waals surface area contributed by atoms with Gasteiger partial charge < -0.3 is 14.8 Å². The average Bonchev–Trinajstić information content (AvgIpc) is 2.51. The predicted octanol–water partition coefficient (Wildman–Crippen LogP) is 2.73. The molecule has 1 N–H and O–H groups in total. The molecule has 0 radical (unpaired) electrons. The predicted molar refractivity (Wildman–Crippen MR) is 79.9 cm³/mol. The summed E-state index contributed by atoms with van der Waals surface area (Å²) in [6.45, 7) is 9.90. The van der Waals surface area contributed by atoms with E-state index in [0.717, 1.165) is 25.1 Å². The largest absolute Gasteiger partial charge is 0.480 e. The van der Waals surface area contributed by atoms with E-state index in [0.29, 0.717) is 12.5 Å². The van der Waals surface area contributed by atoms with Crippen molar-refractivity contribution in [2.45, 2.75) is 52.2 Å². The molecule has 114 valence electrons. The van der Waals surface area contributed by atoms with Gasteiger partial charge in [-0.1, -0.05) is 20.8 Å². The highest BCUT2D eigenvalue weighted by atomic mass is 16.5. The third kappa shape index (κ3) is 3.46. The lowest BCUT2D eigenvalue weighted by atomic mass is 9.85. The van der Waals surface area contributed by atoms with Crippen LogP contribution in [0.4, 0.5) is 0 Å². The standard InChI is InChI=1S/C15H27N3O2/c1-6-15(7-2,20-9-4)13(16-8-3)12-14(19-5)18-11-10-17-12/h10-11,13,16H,6-9H2,1-5H3. The lowest BCUT2D eigenvalue weighted by Crippen LogP contribution is -2.46. The summed E-state index contributed by atoms with van der Waals surface area (Å²) in [5.41, 5.74) is 0.516. The number of ether oxygens (including phenoxy) is 2. The quantitative estimate of drug-likeness (QED) is 0.754. The molecule has 0 fully saturated rings. The minimum Gasteiger partial charge on any atom is -0.480 e. The van der Waals surface area contributed by atoms with E-state index in [4.69, 9.17) is 9.47 Å². The van der Waals surface area contributed by atoms with Gasteiger partial charge in [-0.25, -0.2) is 4.98 Å². The van der Waals surface area contributed by atoms with Gasteiger partial charge in [0.2, 0.25) is 5.88 Å². The number of rotatable bonds is 9. The van der Waals surface area contributed by atoms with E-state index in [9.17, 15) is 0 Å². The fourth-order valence-electron chi connectivity index (χ4n) is 2.66. The van der Waals surface area contributed by atoms with Gasteiger partial charge in [-0.3, -0.25) is 4.98 Å². The van der Waals surface area contributed by atoms with Crippen LogP contribution in [0.2, 0.25) is 0 Å². The van der Waals surface area contributed by atoms with Crippen LogP contribution in [0.25, 0.3) is 0 Å². The summed E-state index contributed by atoms with van der Waals surface area (Å²) < 4.78 is 11.5. The minimum atomic E-state index is -0.298. The van der Waals surface area contributed by atoms with Crippen LogP contribution in [0, 0.1) is 0 Å². The molecule has 0 aromatic carbocycles. The van der Waals surface area contributed by atoms with Crippen LogP contribution in [0.5, 0.6) is 5.88 Å². The van der Waals surface area contributed by atoms with Crippen molar-refractivity contribution < 1.29 is 9.47 Å². The summed E-state index contributed by atoms with van der Waals surface area (Å²) in [5, 5.41) is 3.49. The molecule has 1 unspecified atom stereocenters. The Morgan fingerprint density at radius 2 is 1.80 bits per heavy atom. The summed E-state index contributed by atoms with van der Waals surface area (Å²) in [6.07, 6.45) is 5.14. The first kappa shape index (κ1) is 16.9. The van der Waals surface area contributed by atoms with Crippen LogP contribution in [0.15, 0.2) is 12.4 Å². The second-order valence-electron chi connectivity index (χ2n) is 4.65. The molecular weight excluding hydrogens is 254 g/mol. The summed E-state index contributed by atoms with van der Waals surface area (Å²) in [5.74, 6) is 0.560. The number of hydrogen-bond acceptors (Lipinski definition) is 5. The van der Waals surface area contributed by atoms with Crippen molar-refractivity contribution in [1.29, 1.82) is 0 Å². The van der Waals surface area contributed by atoms with Gasteiger partial charge in [-0.15, -0.1) is 0 Å². The highest BCUT2D eigenvalue weighted by Crippen LogP contribution is 2.37. The van der Waals surface area contributed by atoms with Crippen molar-refractivity contribution in [3.8, 4) is 5.88 Å².